The van der Waals surface area contributed by atoms with Gasteiger partial charge in [0.15, 0.2) is 0 Å². The average molecular weight is 385 g/mol. The number of pyridine rings is 1. The lowest BCUT2D eigenvalue weighted by Gasteiger charge is -2.40. The molecule has 2 rings (SSSR count). The zero-order chi connectivity index (χ0) is 14.9. The van der Waals surface area contributed by atoms with Crippen LogP contribution in [-0.4, -0.2) is 50.7 Å². The second-order valence-electron chi connectivity index (χ2n) is 4.63. The van der Waals surface area contributed by atoms with Crippen LogP contribution in [0.2, 0.25) is 5.02 Å². The van der Waals surface area contributed by atoms with Crippen LogP contribution in [0.5, 0.6) is 0 Å². The molecule has 0 aromatic carbocycles. The molecule has 5 atom stereocenters. The van der Waals surface area contributed by atoms with Gasteiger partial charge in [-0.3, -0.25) is 0 Å². The number of aliphatic hydroxyl groups is 3. The molecule has 20 heavy (non-hydrogen) atoms. The summed E-state index contributed by atoms with van der Waals surface area (Å²) in [5.74, 6) is -0.399. The Kier molecular flexibility index (Phi) is 5.70. The van der Waals surface area contributed by atoms with Crippen LogP contribution in [-0.2, 0) is 4.74 Å². The molecule has 1 aliphatic rings. The summed E-state index contributed by atoms with van der Waals surface area (Å²) in [6, 6.07) is 1.71. The zero-order valence-corrected chi connectivity index (χ0v) is 13.8. The first-order valence-corrected chi connectivity index (χ1v) is 8.09. The van der Waals surface area contributed by atoms with Gasteiger partial charge in [0.2, 0.25) is 0 Å². The normalized spacial score (nSPS) is 34.2. The Labute approximate surface area is 134 Å². The summed E-state index contributed by atoms with van der Waals surface area (Å²) in [4.78, 5) is 4.79. The molecule has 1 fully saturated rings. The van der Waals surface area contributed by atoms with Crippen LogP contribution in [0.25, 0.3) is 0 Å². The van der Waals surface area contributed by atoms with Gasteiger partial charge in [-0.25, -0.2) is 4.98 Å². The number of aromatic nitrogens is 1. The van der Waals surface area contributed by atoms with Crippen molar-refractivity contribution in [2.24, 2.45) is 5.92 Å². The minimum absolute atomic E-state index is 0.301. The molecular weight excluding hydrogens is 370 g/mol. The van der Waals surface area contributed by atoms with E-state index >= 15 is 0 Å². The van der Waals surface area contributed by atoms with Gasteiger partial charge >= 0.3 is 0 Å². The first-order valence-electron chi connectivity index (χ1n) is 6.04. The highest BCUT2D eigenvalue weighted by atomic mass is 79.9. The molecule has 0 aliphatic carbocycles. The smallest absolute Gasteiger partial charge is 0.134 e. The van der Waals surface area contributed by atoms with Crippen molar-refractivity contribution in [2.45, 2.75) is 35.6 Å². The molecule has 8 heteroatoms. The van der Waals surface area contributed by atoms with Crippen LogP contribution in [0, 0.1) is 5.92 Å². The maximum Gasteiger partial charge on any atom is 0.134 e. The average Bonchev–Trinajstić information content (AvgIpc) is 2.43. The molecule has 1 aromatic heterocycles. The van der Waals surface area contributed by atoms with E-state index in [0.29, 0.717) is 9.63 Å². The van der Waals surface area contributed by atoms with Crippen molar-refractivity contribution in [3.8, 4) is 0 Å². The number of nitrogens with zero attached hydrogens (tertiary/aromatic N) is 1. The second kappa shape index (κ2) is 6.91. The van der Waals surface area contributed by atoms with E-state index in [4.69, 9.17) is 16.3 Å². The van der Waals surface area contributed by atoms with Gasteiger partial charge < -0.3 is 20.1 Å². The van der Waals surface area contributed by atoms with Crippen LogP contribution >= 0.6 is 39.3 Å². The van der Waals surface area contributed by atoms with E-state index in [1.165, 1.54) is 18.0 Å². The van der Waals surface area contributed by atoms with Gasteiger partial charge in [-0.1, -0.05) is 30.3 Å². The number of halogens is 2. The number of hydrogen-bond donors (Lipinski definition) is 3. The van der Waals surface area contributed by atoms with Crippen molar-refractivity contribution in [1.82, 2.24) is 4.98 Å². The quantitative estimate of drug-likeness (QED) is 0.688. The Morgan fingerprint density at radius 1 is 1.45 bits per heavy atom. The van der Waals surface area contributed by atoms with Gasteiger partial charge in [-0.2, -0.15) is 0 Å². The molecule has 0 amide bonds. The molecular formula is C12H15BrClNO4S. The summed E-state index contributed by atoms with van der Waals surface area (Å²) >= 11 is 10.5. The molecule has 0 spiro atoms. The third-order valence-corrected chi connectivity index (χ3v) is 5.53. The molecule has 5 nitrogen and oxygen atoms in total. The largest absolute Gasteiger partial charge is 0.394 e. The van der Waals surface area contributed by atoms with E-state index in [1.807, 2.05) is 0 Å². The molecule has 0 saturated carbocycles. The highest BCUT2D eigenvalue weighted by Crippen LogP contribution is 2.38. The predicted molar refractivity (Wildman–Crippen MR) is 79.7 cm³/mol. The summed E-state index contributed by atoms with van der Waals surface area (Å²) in [7, 11) is 0. The Morgan fingerprint density at radius 2 is 2.15 bits per heavy atom. The molecule has 2 heterocycles. The zero-order valence-electron chi connectivity index (χ0n) is 10.6. The number of aliphatic hydroxyl groups excluding tert-OH is 3. The third kappa shape index (κ3) is 3.47. The van der Waals surface area contributed by atoms with Gasteiger partial charge in [0, 0.05) is 17.0 Å². The fourth-order valence-electron chi connectivity index (χ4n) is 1.98. The molecule has 1 saturated heterocycles. The summed E-state index contributed by atoms with van der Waals surface area (Å²) < 4.78 is 6.15. The Balaban J connectivity index is 2.17. The minimum Gasteiger partial charge on any atom is -0.394 e. The van der Waals surface area contributed by atoms with Crippen LogP contribution in [0.4, 0.5) is 0 Å². The van der Waals surface area contributed by atoms with E-state index in [2.05, 4.69) is 20.9 Å². The molecule has 112 valence electrons. The third-order valence-electron chi connectivity index (χ3n) is 3.24. The number of thioether (sulfide) groups is 1. The van der Waals surface area contributed by atoms with Crippen molar-refractivity contribution >= 4 is 39.3 Å². The summed E-state index contributed by atoms with van der Waals surface area (Å²) in [5, 5.41) is 29.8. The summed E-state index contributed by atoms with van der Waals surface area (Å²) in [6.45, 7) is 1.42. The Morgan fingerprint density at radius 3 is 2.80 bits per heavy atom. The maximum atomic E-state index is 10.2. The second-order valence-corrected chi connectivity index (χ2v) is 6.95. The van der Waals surface area contributed by atoms with E-state index < -0.39 is 29.7 Å². The maximum absolute atomic E-state index is 10.2. The van der Waals surface area contributed by atoms with Crippen molar-refractivity contribution < 1.29 is 20.1 Å². The lowest BCUT2D eigenvalue weighted by molar-refractivity contribution is -0.177. The fourth-order valence-corrected chi connectivity index (χ4v) is 3.88. The van der Waals surface area contributed by atoms with Gasteiger partial charge in [0.1, 0.15) is 16.1 Å². The minimum atomic E-state index is -0.896. The monoisotopic (exact) mass is 383 g/mol. The number of rotatable bonds is 3. The lowest BCUT2D eigenvalue weighted by Crippen LogP contribution is -2.53. The topological polar surface area (TPSA) is 82.8 Å². The Hall–Kier alpha value is 0.110. The molecule has 2 unspecified atom stereocenters. The van der Waals surface area contributed by atoms with Crippen LogP contribution < -0.4 is 0 Å². The van der Waals surface area contributed by atoms with Gasteiger partial charge in [0.05, 0.1) is 23.8 Å². The highest BCUT2D eigenvalue weighted by molar-refractivity contribution is 9.10. The van der Waals surface area contributed by atoms with Gasteiger partial charge in [-0.05, 0) is 22.0 Å². The number of hydrogen-bond acceptors (Lipinski definition) is 6. The fraction of sp³-hybridized carbons (Fsp3) is 0.583. The van der Waals surface area contributed by atoms with E-state index in [1.54, 1.807) is 13.0 Å². The lowest BCUT2D eigenvalue weighted by atomic mass is 9.92. The molecule has 0 radical (unpaired) electrons. The standard InChI is InChI=1S/C12H15BrClNO4S/c1-5-9(17)7(4-16)19-12(10(5)18)20-8-2-6(14)3-15-11(8)13/h2-3,5,7,9-10,12,16-18H,4H2,1H3/t5-,7?,9+,10?,12+/m0/s1. The van der Waals surface area contributed by atoms with Crippen LogP contribution in [0.1, 0.15) is 6.92 Å². The van der Waals surface area contributed by atoms with E-state index in [-0.39, 0.29) is 6.61 Å². The highest BCUT2D eigenvalue weighted by Gasteiger charge is 2.42. The molecule has 1 aliphatic heterocycles. The first kappa shape index (κ1) is 16.5. The Bertz CT molecular complexity index is 479. The van der Waals surface area contributed by atoms with E-state index in [9.17, 15) is 15.3 Å². The first-order chi connectivity index (χ1) is 9.43. The van der Waals surface area contributed by atoms with Crippen LogP contribution in [0.3, 0.4) is 0 Å². The van der Waals surface area contributed by atoms with E-state index in [0.717, 1.165) is 4.90 Å². The van der Waals surface area contributed by atoms with Gasteiger partial charge in [0.25, 0.3) is 0 Å². The molecule has 3 N–H and O–H groups in total. The van der Waals surface area contributed by atoms with Crippen LogP contribution in [0.15, 0.2) is 21.8 Å². The van der Waals surface area contributed by atoms with Crippen molar-refractivity contribution in [2.75, 3.05) is 6.61 Å². The molecule has 0 bridgehead atoms. The molecule has 1 aromatic rings. The van der Waals surface area contributed by atoms with Crippen molar-refractivity contribution in [3.05, 3.63) is 21.9 Å². The SMILES string of the molecule is C[C@@H]1C(O)[C@@H](Sc2cc(Cl)cnc2Br)OC(CO)[C@@H]1O. The predicted octanol–water partition coefficient (Wildman–Crippen LogP) is 1.66. The van der Waals surface area contributed by atoms with Gasteiger partial charge in [-0.15, -0.1) is 0 Å². The number of ether oxygens (including phenoxy) is 1. The van der Waals surface area contributed by atoms with Crippen molar-refractivity contribution in [1.29, 1.82) is 0 Å². The summed E-state index contributed by atoms with van der Waals surface area (Å²) in [6.07, 6.45) is -0.954. The summed E-state index contributed by atoms with van der Waals surface area (Å²) in [5.41, 5.74) is -0.609. The van der Waals surface area contributed by atoms with Crippen molar-refractivity contribution in [3.63, 3.8) is 0 Å².